The number of hydrogen-bond donors (Lipinski definition) is 2. The highest BCUT2D eigenvalue weighted by Gasteiger charge is 2.39. The molecule has 0 amide bonds. The molecule has 5 nitrogen and oxygen atoms in total. The predicted molar refractivity (Wildman–Crippen MR) is 146 cm³/mol. The van der Waals surface area contributed by atoms with Crippen molar-refractivity contribution in [3.8, 4) is 11.5 Å². The van der Waals surface area contributed by atoms with Crippen molar-refractivity contribution in [1.82, 2.24) is 4.98 Å². The van der Waals surface area contributed by atoms with Crippen LogP contribution >= 0.6 is 23.2 Å². The predicted octanol–water partition coefficient (Wildman–Crippen LogP) is 8.25. The van der Waals surface area contributed by atoms with Gasteiger partial charge in [0.2, 0.25) is 0 Å². The average Bonchev–Trinajstić information content (AvgIpc) is 2.88. The number of para-hydroxylation sites is 1. The van der Waals surface area contributed by atoms with E-state index in [2.05, 4.69) is 11.6 Å². The van der Waals surface area contributed by atoms with Crippen LogP contribution in [0.25, 0.3) is 22.4 Å². The van der Waals surface area contributed by atoms with Gasteiger partial charge in [-0.1, -0.05) is 48.0 Å². The van der Waals surface area contributed by atoms with Gasteiger partial charge in [-0.15, -0.1) is 0 Å². The Morgan fingerprint density at radius 2 is 1.57 bits per heavy atom. The maximum absolute atomic E-state index is 11.6. The van der Waals surface area contributed by atoms with Crippen LogP contribution in [0.1, 0.15) is 29.5 Å². The molecule has 2 aliphatic heterocycles. The van der Waals surface area contributed by atoms with E-state index in [9.17, 15) is 10.2 Å². The normalized spacial score (nSPS) is 17.7. The molecule has 7 heteroatoms. The average molecular weight is 530 g/mol. The van der Waals surface area contributed by atoms with E-state index >= 15 is 0 Å². The standard InChI is InChI=1S/C30H21Cl2NO4/c1-15-26(29(34)21-12-19(31)7-9-24(21)36-15)28(18-11-17-5-3-4-6-23(17)33-14-18)27-16(2)37-25-10-8-20(32)13-22(25)30(27)35/h3-14,16,28,34-35H,1H2,2H3. The van der Waals surface area contributed by atoms with E-state index in [1.54, 1.807) is 42.6 Å². The number of hydrogen-bond acceptors (Lipinski definition) is 5. The van der Waals surface area contributed by atoms with E-state index in [1.807, 2.05) is 37.3 Å². The third-order valence-corrected chi connectivity index (χ3v) is 7.21. The van der Waals surface area contributed by atoms with Crippen LogP contribution in [0.2, 0.25) is 10.0 Å². The molecular formula is C30H21Cl2NO4. The zero-order chi connectivity index (χ0) is 25.8. The third-order valence-electron chi connectivity index (χ3n) is 6.74. The molecule has 2 unspecified atom stereocenters. The van der Waals surface area contributed by atoms with Crippen LogP contribution in [0.5, 0.6) is 11.5 Å². The summed E-state index contributed by atoms with van der Waals surface area (Å²) in [6.07, 6.45) is 1.17. The van der Waals surface area contributed by atoms with E-state index in [-0.39, 0.29) is 17.3 Å². The topological polar surface area (TPSA) is 71.8 Å². The Morgan fingerprint density at radius 1 is 0.892 bits per heavy atom. The highest BCUT2D eigenvalue weighted by molar-refractivity contribution is 6.31. The first-order valence-electron chi connectivity index (χ1n) is 11.7. The lowest BCUT2D eigenvalue weighted by Crippen LogP contribution is -2.28. The number of nitrogens with zero attached hydrogens (tertiary/aromatic N) is 1. The van der Waals surface area contributed by atoms with Crippen molar-refractivity contribution in [1.29, 1.82) is 0 Å². The smallest absolute Gasteiger partial charge is 0.138 e. The second-order valence-electron chi connectivity index (χ2n) is 9.03. The van der Waals surface area contributed by atoms with Crippen molar-refractivity contribution >= 4 is 45.6 Å². The van der Waals surface area contributed by atoms with E-state index in [0.717, 1.165) is 16.5 Å². The number of fused-ring (bicyclic) bond motifs is 3. The van der Waals surface area contributed by atoms with Crippen molar-refractivity contribution < 1.29 is 19.7 Å². The fourth-order valence-corrected chi connectivity index (χ4v) is 5.39. The molecule has 37 heavy (non-hydrogen) atoms. The lowest BCUT2D eigenvalue weighted by Gasteiger charge is -2.35. The molecule has 4 aromatic rings. The van der Waals surface area contributed by atoms with Crippen LogP contribution in [0.4, 0.5) is 0 Å². The molecule has 2 atom stereocenters. The molecule has 0 saturated carbocycles. The fraction of sp³-hybridized carbons (Fsp3) is 0.100. The Kier molecular flexibility index (Phi) is 5.63. The fourth-order valence-electron chi connectivity index (χ4n) is 5.05. The number of benzene rings is 3. The van der Waals surface area contributed by atoms with Gasteiger partial charge in [-0.3, -0.25) is 4.98 Å². The monoisotopic (exact) mass is 529 g/mol. The van der Waals surface area contributed by atoms with Gasteiger partial charge >= 0.3 is 0 Å². The van der Waals surface area contributed by atoms with Crippen molar-refractivity contribution in [3.05, 3.63) is 123 Å². The van der Waals surface area contributed by atoms with Crippen molar-refractivity contribution in [2.75, 3.05) is 0 Å². The summed E-state index contributed by atoms with van der Waals surface area (Å²) < 4.78 is 12.3. The zero-order valence-corrected chi connectivity index (χ0v) is 21.2. The van der Waals surface area contributed by atoms with Gasteiger partial charge in [-0.25, -0.2) is 0 Å². The Labute approximate surface area is 223 Å². The second kappa shape index (κ2) is 8.87. The first kappa shape index (κ1) is 23.5. The molecule has 3 aromatic carbocycles. The van der Waals surface area contributed by atoms with Gasteiger partial charge in [-0.2, -0.15) is 0 Å². The summed E-state index contributed by atoms with van der Waals surface area (Å²) in [6, 6.07) is 19.8. The quantitative estimate of drug-likeness (QED) is 0.279. The largest absolute Gasteiger partial charge is 0.507 e. The lowest BCUT2D eigenvalue weighted by molar-refractivity contribution is 0.236. The Balaban J connectivity index is 1.65. The Morgan fingerprint density at radius 3 is 2.32 bits per heavy atom. The van der Waals surface area contributed by atoms with Crippen LogP contribution in [-0.4, -0.2) is 21.3 Å². The van der Waals surface area contributed by atoms with E-state index in [1.165, 1.54) is 0 Å². The number of aliphatic hydroxyl groups is 2. The molecule has 0 radical (unpaired) electrons. The van der Waals surface area contributed by atoms with Gasteiger partial charge in [0.05, 0.1) is 16.6 Å². The minimum atomic E-state index is -0.709. The van der Waals surface area contributed by atoms with E-state index < -0.39 is 12.0 Å². The first-order valence-corrected chi connectivity index (χ1v) is 12.4. The maximum atomic E-state index is 11.6. The van der Waals surface area contributed by atoms with Crippen molar-refractivity contribution in [2.45, 2.75) is 18.9 Å². The Hall–Kier alpha value is -3.93. The highest BCUT2D eigenvalue weighted by atomic mass is 35.5. The number of pyridine rings is 1. The molecule has 3 heterocycles. The van der Waals surface area contributed by atoms with Crippen LogP contribution < -0.4 is 9.47 Å². The third kappa shape index (κ3) is 3.91. The molecule has 1 aromatic heterocycles. The molecule has 0 bridgehead atoms. The van der Waals surface area contributed by atoms with E-state index in [0.29, 0.717) is 43.8 Å². The summed E-state index contributed by atoms with van der Waals surface area (Å²) in [4.78, 5) is 4.65. The van der Waals surface area contributed by atoms with Crippen LogP contribution in [0.15, 0.2) is 96.4 Å². The molecule has 0 fully saturated rings. The summed E-state index contributed by atoms with van der Waals surface area (Å²) in [7, 11) is 0. The van der Waals surface area contributed by atoms with Crippen molar-refractivity contribution in [3.63, 3.8) is 0 Å². The number of halogens is 2. The minimum absolute atomic E-state index is 0.0133. The molecule has 2 N–H and O–H groups in total. The molecule has 6 rings (SSSR count). The second-order valence-corrected chi connectivity index (χ2v) is 9.90. The minimum Gasteiger partial charge on any atom is -0.507 e. The zero-order valence-electron chi connectivity index (χ0n) is 19.7. The van der Waals surface area contributed by atoms with E-state index in [4.69, 9.17) is 32.7 Å². The van der Waals surface area contributed by atoms with Gasteiger partial charge in [0.15, 0.2) is 0 Å². The number of aromatic nitrogens is 1. The SMILES string of the molecule is C=C1Oc2ccc(Cl)cc2C(O)=C1C(C1=C(O)c2cc(Cl)ccc2OC1C)c1cnc2ccccc2c1. The van der Waals surface area contributed by atoms with Crippen LogP contribution in [0, 0.1) is 0 Å². The summed E-state index contributed by atoms with van der Waals surface area (Å²) >= 11 is 12.5. The van der Waals surface area contributed by atoms with Crippen molar-refractivity contribution in [2.24, 2.45) is 0 Å². The highest BCUT2D eigenvalue weighted by Crippen LogP contribution is 2.50. The van der Waals surface area contributed by atoms with Gasteiger partial charge in [-0.05, 0) is 61.0 Å². The summed E-state index contributed by atoms with van der Waals surface area (Å²) in [5.74, 6) is 0.460. The maximum Gasteiger partial charge on any atom is 0.138 e. The number of ether oxygens (including phenoxy) is 2. The number of rotatable bonds is 3. The van der Waals surface area contributed by atoms with Crippen LogP contribution in [-0.2, 0) is 0 Å². The molecule has 0 saturated heterocycles. The number of aliphatic hydroxyl groups excluding tert-OH is 2. The van der Waals surface area contributed by atoms with Gasteiger partial charge < -0.3 is 19.7 Å². The Bertz CT molecular complexity index is 1670. The first-order chi connectivity index (χ1) is 17.8. The summed E-state index contributed by atoms with van der Waals surface area (Å²) in [6.45, 7) is 5.97. The molecule has 0 spiro atoms. The molecule has 2 aliphatic rings. The van der Waals surface area contributed by atoms with Gasteiger partial charge in [0, 0.05) is 38.7 Å². The van der Waals surface area contributed by atoms with Gasteiger partial charge in [0.25, 0.3) is 0 Å². The number of allylic oxidation sites excluding steroid dienone is 1. The summed E-state index contributed by atoms with van der Waals surface area (Å²) in [5, 5.41) is 25.0. The lowest BCUT2D eigenvalue weighted by atomic mass is 9.77. The summed E-state index contributed by atoms with van der Waals surface area (Å²) in [5.41, 5.74) is 3.34. The molecule has 0 aliphatic carbocycles. The van der Waals surface area contributed by atoms with Crippen LogP contribution in [0.3, 0.4) is 0 Å². The molecule has 184 valence electrons. The van der Waals surface area contributed by atoms with Gasteiger partial charge in [0.1, 0.15) is 34.9 Å². The molecular weight excluding hydrogens is 509 g/mol.